The number of benzene rings is 1. The molecule has 21 heavy (non-hydrogen) atoms. The Hall–Kier alpha value is -1.61. The van der Waals surface area contributed by atoms with E-state index in [0.29, 0.717) is 6.04 Å². The molecule has 0 saturated heterocycles. The summed E-state index contributed by atoms with van der Waals surface area (Å²) in [6.45, 7) is 3.31. The molecule has 114 valence electrons. The number of unbranched alkanes of at least 4 members (excludes halogenated alkanes) is 1. The minimum atomic E-state index is 0.486. The standard InChI is InChI=1S/C18H27N3/c1-3-13-19-18(17-10-5-4-6-11-17)12-8-7-9-16-14-20-21(2)15-16/h4-6,10-11,14-15,18-19H,3,7-9,12-13H2,1-2H3. The van der Waals surface area contributed by atoms with Gasteiger partial charge in [0.15, 0.2) is 0 Å². The van der Waals surface area contributed by atoms with E-state index in [0.717, 1.165) is 13.0 Å². The number of aryl methyl sites for hydroxylation is 2. The first-order chi connectivity index (χ1) is 10.3. The molecule has 0 aliphatic carbocycles. The van der Waals surface area contributed by atoms with Crippen LogP contribution in [-0.2, 0) is 13.5 Å². The summed E-state index contributed by atoms with van der Waals surface area (Å²) in [5, 5.41) is 7.89. The van der Waals surface area contributed by atoms with Gasteiger partial charge in [0, 0.05) is 19.3 Å². The second-order valence-corrected chi connectivity index (χ2v) is 5.69. The molecular weight excluding hydrogens is 258 g/mol. The maximum atomic E-state index is 4.22. The van der Waals surface area contributed by atoms with Gasteiger partial charge < -0.3 is 5.32 Å². The molecule has 1 N–H and O–H groups in total. The monoisotopic (exact) mass is 285 g/mol. The highest BCUT2D eigenvalue weighted by molar-refractivity contribution is 5.18. The Morgan fingerprint density at radius 3 is 2.67 bits per heavy atom. The van der Waals surface area contributed by atoms with Gasteiger partial charge >= 0.3 is 0 Å². The smallest absolute Gasteiger partial charge is 0.0521 e. The molecule has 0 radical (unpaired) electrons. The zero-order valence-electron chi connectivity index (χ0n) is 13.3. The Morgan fingerprint density at radius 1 is 1.19 bits per heavy atom. The predicted molar refractivity (Wildman–Crippen MR) is 88.2 cm³/mol. The first-order valence-electron chi connectivity index (χ1n) is 8.05. The van der Waals surface area contributed by atoms with E-state index in [1.807, 2.05) is 17.9 Å². The fourth-order valence-electron chi connectivity index (χ4n) is 2.67. The van der Waals surface area contributed by atoms with E-state index in [1.165, 1.54) is 36.8 Å². The molecule has 3 nitrogen and oxygen atoms in total. The summed E-state index contributed by atoms with van der Waals surface area (Å²) in [7, 11) is 1.98. The van der Waals surface area contributed by atoms with Gasteiger partial charge in [-0.15, -0.1) is 0 Å². The largest absolute Gasteiger partial charge is 0.310 e. The maximum Gasteiger partial charge on any atom is 0.0521 e. The molecule has 0 bridgehead atoms. The van der Waals surface area contributed by atoms with E-state index in [-0.39, 0.29) is 0 Å². The molecule has 2 aromatic rings. The van der Waals surface area contributed by atoms with Gasteiger partial charge in [-0.1, -0.05) is 43.7 Å². The van der Waals surface area contributed by atoms with Crippen LogP contribution in [0.4, 0.5) is 0 Å². The van der Waals surface area contributed by atoms with E-state index in [4.69, 9.17) is 0 Å². The Kier molecular flexibility index (Phi) is 6.48. The molecule has 2 rings (SSSR count). The molecule has 1 aromatic heterocycles. The van der Waals surface area contributed by atoms with E-state index in [1.54, 1.807) is 0 Å². The summed E-state index contributed by atoms with van der Waals surface area (Å²) in [5.74, 6) is 0. The number of hydrogen-bond acceptors (Lipinski definition) is 2. The van der Waals surface area contributed by atoms with Crippen molar-refractivity contribution in [2.75, 3.05) is 6.54 Å². The summed E-state index contributed by atoms with van der Waals surface area (Å²) in [6, 6.07) is 11.3. The highest BCUT2D eigenvalue weighted by Crippen LogP contribution is 2.20. The van der Waals surface area contributed by atoms with Crippen molar-refractivity contribution in [3.8, 4) is 0 Å². The fourth-order valence-corrected chi connectivity index (χ4v) is 2.67. The molecule has 0 aliphatic heterocycles. The average Bonchev–Trinajstić information content (AvgIpc) is 2.93. The van der Waals surface area contributed by atoms with Crippen LogP contribution in [0.15, 0.2) is 42.7 Å². The van der Waals surface area contributed by atoms with Gasteiger partial charge in [-0.25, -0.2) is 0 Å². The van der Waals surface area contributed by atoms with Gasteiger partial charge in [0.25, 0.3) is 0 Å². The normalized spacial score (nSPS) is 12.5. The van der Waals surface area contributed by atoms with Crippen LogP contribution >= 0.6 is 0 Å². The molecule has 0 aliphatic rings. The van der Waals surface area contributed by atoms with E-state index >= 15 is 0 Å². The number of rotatable bonds is 9. The third-order valence-electron chi connectivity index (χ3n) is 3.81. The minimum Gasteiger partial charge on any atom is -0.310 e. The topological polar surface area (TPSA) is 29.9 Å². The lowest BCUT2D eigenvalue weighted by Crippen LogP contribution is -2.22. The van der Waals surface area contributed by atoms with Crippen molar-refractivity contribution >= 4 is 0 Å². The number of nitrogens with zero attached hydrogens (tertiary/aromatic N) is 2. The lowest BCUT2D eigenvalue weighted by atomic mass is 9.99. The summed E-state index contributed by atoms with van der Waals surface area (Å²) in [5.41, 5.74) is 2.75. The van der Waals surface area contributed by atoms with Gasteiger partial charge in [-0.3, -0.25) is 4.68 Å². The lowest BCUT2D eigenvalue weighted by Gasteiger charge is -2.19. The lowest BCUT2D eigenvalue weighted by molar-refractivity contribution is 0.476. The first-order valence-corrected chi connectivity index (χ1v) is 8.05. The summed E-state index contributed by atoms with van der Waals surface area (Å²) < 4.78 is 1.88. The maximum absolute atomic E-state index is 4.22. The van der Waals surface area contributed by atoms with E-state index < -0.39 is 0 Å². The van der Waals surface area contributed by atoms with Crippen LogP contribution in [0.25, 0.3) is 0 Å². The first kappa shape index (κ1) is 15.8. The molecule has 3 heteroatoms. The van der Waals surface area contributed by atoms with Crippen LogP contribution in [0.3, 0.4) is 0 Å². The van der Waals surface area contributed by atoms with Crippen molar-refractivity contribution in [2.24, 2.45) is 7.05 Å². The molecule has 1 unspecified atom stereocenters. The molecule has 1 aromatic carbocycles. The Balaban J connectivity index is 1.79. The van der Waals surface area contributed by atoms with E-state index in [9.17, 15) is 0 Å². The highest BCUT2D eigenvalue weighted by atomic mass is 15.2. The Labute approximate surface area is 128 Å². The summed E-state index contributed by atoms with van der Waals surface area (Å²) in [6.07, 6.45) is 10.1. The second-order valence-electron chi connectivity index (χ2n) is 5.69. The third kappa shape index (κ3) is 5.35. The van der Waals surface area contributed by atoms with Crippen molar-refractivity contribution in [1.82, 2.24) is 15.1 Å². The third-order valence-corrected chi connectivity index (χ3v) is 3.81. The van der Waals surface area contributed by atoms with Crippen molar-refractivity contribution in [3.05, 3.63) is 53.9 Å². The summed E-state index contributed by atoms with van der Waals surface area (Å²) in [4.78, 5) is 0. The highest BCUT2D eigenvalue weighted by Gasteiger charge is 2.09. The van der Waals surface area contributed by atoms with Crippen LogP contribution in [0.2, 0.25) is 0 Å². The molecule has 0 saturated carbocycles. The molecule has 0 fully saturated rings. The summed E-state index contributed by atoms with van der Waals surface area (Å²) >= 11 is 0. The molecule has 1 atom stereocenters. The average molecular weight is 285 g/mol. The van der Waals surface area contributed by atoms with Crippen LogP contribution in [0.5, 0.6) is 0 Å². The zero-order chi connectivity index (χ0) is 14.9. The zero-order valence-corrected chi connectivity index (χ0v) is 13.3. The van der Waals surface area contributed by atoms with Crippen molar-refractivity contribution in [1.29, 1.82) is 0 Å². The van der Waals surface area contributed by atoms with Gasteiger partial charge in [0.1, 0.15) is 0 Å². The molecule has 1 heterocycles. The fraction of sp³-hybridized carbons (Fsp3) is 0.500. The van der Waals surface area contributed by atoms with Gasteiger partial charge in [-0.05, 0) is 43.4 Å². The van der Waals surface area contributed by atoms with Gasteiger partial charge in [-0.2, -0.15) is 5.10 Å². The predicted octanol–water partition coefficient (Wildman–Crippen LogP) is 3.87. The van der Waals surface area contributed by atoms with Crippen molar-refractivity contribution in [3.63, 3.8) is 0 Å². The molecule has 0 amide bonds. The Morgan fingerprint density at radius 2 is 2.00 bits per heavy atom. The van der Waals surface area contributed by atoms with Crippen LogP contribution in [-0.4, -0.2) is 16.3 Å². The number of aromatic nitrogens is 2. The molecular formula is C18H27N3. The van der Waals surface area contributed by atoms with Gasteiger partial charge in [0.2, 0.25) is 0 Å². The number of hydrogen-bond donors (Lipinski definition) is 1. The van der Waals surface area contributed by atoms with Crippen molar-refractivity contribution < 1.29 is 0 Å². The molecule has 0 spiro atoms. The van der Waals surface area contributed by atoms with Gasteiger partial charge in [0.05, 0.1) is 6.20 Å². The van der Waals surface area contributed by atoms with Crippen LogP contribution < -0.4 is 5.32 Å². The van der Waals surface area contributed by atoms with E-state index in [2.05, 4.69) is 53.9 Å². The quantitative estimate of drug-likeness (QED) is 0.709. The van der Waals surface area contributed by atoms with Crippen molar-refractivity contribution in [2.45, 2.75) is 45.1 Å². The van der Waals surface area contributed by atoms with Crippen LogP contribution in [0, 0.1) is 0 Å². The second kappa shape index (κ2) is 8.63. The number of nitrogens with one attached hydrogen (secondary N) is 1. The minimum absolute atomic E-state index is 0.486. The Bertz CT molecular complexity index is 504. The SMILES string of the molecule is CCCNC(CCCCc1cnn(C)c1)c1ccccc1. The van der Waals surface area contributed by atoms with Crippen LogP contribution in [0.1, 0.15) is 49.8 Å².